The molecule has 1 aromatic rings. The Balaban J connectivity index is 2.34. The summed E-state index contributed by atoms with van der Waals surface area (Å²) in [5, 5.41) is 0. The molecule has 1 atom stereocenters. The van der Waals surface area contributed by atoms with Gasteiger partial charge in [-0.3, -0.25) is 14.5 Å². The van der Waals surface area contributed by atoms with Crippen molar-refractivity contribution in [3.63, 3.8) is 0 Å². The van der Waals surface area contributed by atoms with Gasteiger partial charge in [-0.2, -0.15) is 0 Å². The van der Waals surface area contributed by atoms with E-state index in [1.54, 1.807) is 36.2 Å². The van der Waals surface area contributed by atoms with Gasteiger partial charge in [-0.05, 0) is 26.5 Å². The maximum absolute atomic E-state index is 12.2. The zero-order chi connectivity index (χ0) is 15.6. The standard InChI is InChI=1S/C16H19NO4/c1-11(18)14-6-4-13(5-7-14)10-16(12(2)19)15(20)21-9-8-17(16)3/h4-7H,8-10H2,1-3H3. The highest BCUT2D eigenvalue weighted by atomic mass is 16.5. The molecule has 1 fully saturated rings. The molecule has 1 aromatic carbocycles. The number of nitrogens with zero attached hydrogens (tertiary/aromatic N) is 1. The van der Waals surface area contributed by atoms with Crippen LogP contribution in [0.1, 0.15) is 29.8 Å². The van der Waals surface area contributed by atoms with Crippen LogP contribution in [0.4, 0.5) is 0 Å². The number of rotatable bonds is 4. The number of benzene rings is 1. The van der Waals surface area contributed by atoms with Gasteiger partial charge in [0.1, 0.15) is 6.61 Å². The summed E-state index contributed by atoms with van der Waals surface area (Å²) in [6.45, 7) is 3.73. The van der Waals surface area contributed by atoms with Gasteiger partial charge in [-0.15, -0.1) is 0 Å². The molecule has 0 saturated carbocycles. The minimum Gasteiger partial charge on any atom is -0.463 e. The zero-order valence-corrected chi connectivity index (χ0v) is 12.5. The Bertz CT molecular complexity index is 578. The van der Waals surface area contributed by atoms with Crippen LogP contribution >= 0.6 is 0 Å². The second-order valence-electron chi connectivity index (χ2n) is 5.40. The van der Waals surface area contributed by atoms with Gasteiger partial charge < -0.3 is 4.74 Å². The molecule has 0 aromatic heterocycles. The van der Waals surface area contributed by atoms with Crippen molar-refractivity contribution in [3.8, 4) is 0 Å². The molecule has 0 aliphatic carbocycles. The summed E-state index contributed by atoms with van der Waals surface area (Å²) < 4.78 is 5.10. The summed E-state index contributed by atoms with van der Waals surface area (Å²) in [6, 6.07) is 6.97. The Labute approximate surface area is 123 Å². The van der Waals surface area contributed by atoms with E-state index in [4.69, 9.17) is 4.74 Å². The van der Waals surface area contributed by atoms with E-state index in [9.17, 15) is 14.4 Å². The highest BCUT2D eigenvalue weighted by molar-refractivity contribution is 6.08. The van der Waals surface area contributed by atoms with Crippen LogP contribution in [-0.4, -0.2) is 48.2 Å². The summed E-state index contributed by atoms with van der Waals surface area (Å²) in [5.41, 5.74) is 0.159. The summed E-state index contributed by atoms with van der Waals surface area (Å²) in [5.74, 6) is -0.748. The smallest absolute Gasteiger partial charge is 0.334 e. The van der Waals surface area contributed by atoms with Gasteiger partial charge in [-0.25, -0.2) is 4.79 Å². The van der Waals surface area contributed by atoms with Crippen LogP contribution in [0.3, 0.4) is 0 Å². The van der Waals surface area contributed by atoms with E-state index in [0.717, 1.165) is 5.56 Å². The first-order valence-electron chi connectivity index (χ1n) is 6.87. The lowest BCUT2D eigenvalue weighted by Gasteiger charge is -2.41. The van der Waals surface area contributed by atoms with E-state index in [-0.39, 0.29) is 18.0 Å². The quantitative estimate of drug-likeness (QED) is 0.474. The molecule has 0 spiro atoms. The molecule has 0 radical (unpaired) electrons. The summed E-state index contributed by atoms with van der Waals surface area (Å²) in [4.78, 5) is 37.4. The lowest BCUT2D eigenvalue weighted by Crippen LogP contribution is -2.63. The minimum atomic E-state index is -1.27. The Hall–Kier alpha value is -2.01. The third-order valence-corrected chi connectivity index (χ3v) is 4.05. The monoisotopic (exact) mass is 289 g/mol. The molecule has 0 N–H and O–H groups in total. The molecule has 1 heterocycles. The number of hydrogen-bond acceptors (Lipinski definition) is 5. The van der Waals surface area contributed by atoms with Gasteiger partial charge in [0.05, 0.1) is 0 Å². The maximum atomic E-state index is 12.2. The van der Waals surface area contributed by atoms with Gasteiger partial charge >= 0.3 is 5.97 Å². The fourth-order valence-electron chi connectivity index (χ4n) is 2.64. The van der Waals surface area contributed by atoms with Crippen LogP contribution in [0.5, 0.6) is 0 Å². The Morgan fingerprint density at radius 3 is 2.33 bits per heavy atom. The molecular formula is C16H19NO4. The van der Waals surface area contributed by atoms with Gasteiger partial charge in [0.2, 0.25) is 0 Å². The molecule has 112 valence electrons. The summed E-state index contributed by atoms with van der Waals surface area (Å²) >= 11 is 0. The zero-order valence-electron chi connectivity index (χ0n) is 12.5. The van der Waals surface area contributed by atoms with Crippen LogP contribution in [0.2, 0.25) is 0 Å². The summed E-state index contributed by atoms with van der Waals surface area (Å²) in [6.07, 6.45) is 0.246. The average Bonchev–Trinajstić information content (AvgIpc) is 2.43. The van der Waals surface area contributed by atoms with E-state index < -0.39 is 11.5 Å². The molecule has 0 bridgehead atoms. The third kappa shape index (κ3) is 2.74. The first kappa shape index (κ1) is 15.4. The van der Waals surface area contributed by atoms with Crippen LogP contribution in [0.15, 0.2) is 24.3 Å². The summed E-state index contributed by atoms with van der Waals surface area (Å²) in [7, 11) is 1.76. The molecule has 2 rings (SSSR count). The van der Waals surface area contributed by atoms with E-state index in [1.165, 1.54) is 13.8 Å². The molecule has 21 heavy (non-hydrogen) atoms. The van der Waals surface area contributed by atoms with E-state index >= 15 is 0 Å². The van der Waals surface area contributed by atoms with E-state index in [2.05, 4.69) is 0 Å². The van der Waals surface area contributed by atoms with Gasteiger partial charge in [0, 0.05) is 18.5 Å². The van der Waals surface area contributed by atoms with Gasteiger partial charge in [0.15, 0.2) is 17.1 Å². The lowest BCUT2D eigenvalue weighted by molar-refractivity contribution is -0.170. The van der Waals surface area contributed by atoms with Crippen molar-refractivity contribution in [2.24, 2.45) is 0 Å². The molecule has 1 aliphatic rings. The van der Waals surface area contributed by atoms with Crippen molar-refractivity contribution in [2.75, 3.05) is 20.2 Å². The van der Waals surface area contributed by atoms with Crippen LogP contribution < -0.4 is 0 Å². The predicted octanol–water partition coefficient (Wildman–Crippen LogP) is 1.25. The topological polar surface area (TPSA) is 63.7 Å². The Kier molecular flexibility index (Phi) is 4.23. The van der Waals surface area contributed by atoms with Crippen LogP contribution in [0, 0.1) is 0 Å². The van der Waals surface area contributed by atoms with E-state index in [1.807, 2.05) is 0 Å². The molecule has 1 unspecified atom stereocenters. The Morgan fingerprint density at radius 2 is 1.86 bits per heavy atom. The van der Waals surface area contributed by atoms with Crippen molar-refractivity contribution in [1.29, 1.82) is 0 Å². The van der Waals surface area contributed by atoms with Crippen molar-refractivity contribution in [2.45, 2.75) is 25.8 Å². The number of morpholine rings is 1. The number of carbonyl (C=O) groups is 3. The van der Waals surface area contributed by atoms with Crippen molar-refractivity contribution < 1.29 is 19.1 Å². The second kappa shape index (κ2) is 5.77. The number of ether oxygens (including phenoxy) is 1. The SMILES string of the molecule is CC(=O)c1ccc(CC2(C(C)=O)C(=O)OCCN2C)cc1. The van der Waals surface area contributed by atoms with Crippen LogP contribution in [0.25, 0.3) is 0 Å². The lowest BCUT2D eigenvalue weighted by atomic mass is 9.84. The number of Topliss-reactive ketones (excluding diaryl/α,β-unsaturated/α-hetero) is 2. The normalized spacial score (nSPS) is 22.7. The van der Waals surface area contributed by atoms with Crippen molar-refractivity contribution in [3.05, 3.63) is 35.4 Å². The fourth-order valence-corrected chi connectivity index (χ4v) is 2.64. The minimum absolute atomic E-state index is 0.0166. The van der Waals surface area contributed by atoms with Gasteiger partial charge in [0.25, 0.3) is 0 Å². The fraction of sp³-hybridized carbons (Fsp3) is 0.438. The highest BCUT2D eigenvalue weighted by Gasteiger charge is 2.50. The molecule has 5 nitrogen and oxygen atoms in total. The number of carbonyl (C=O) groups excluding carboxylic acids is 3. The number of ketones is 2. The first-order chi connectivity index (χ1) is 9.87. The molecule has 0 amide bonds. The molecular weight excluding hydrogens is 270 g/mol. The maximum Gasteiger partial charge on any atom is 0.334 e. The highest BCUT2D eigenvalue weighted by Crippen LogP contribution is 2.26. The van der Waals surface area contributed by atoms with Crippen molar-refractivity contribution in [1.82, 2.24) is 4.90 Å². The van der Waals surface area contributed by atoms with Crippen molar-refractivity contribution >= 4 is 17.5 Å². The number of hydrogen-bond donors (Lipinski definition) is 0. The third-order valence-electron chi connectivity index (χ3n) is 4.05. The van der Waals surface area contributed by atoms with Gasteiger partial charge in [-0.1, -0.05) is 24.3 Å². The second-order valence-corrected chi connectivity index (χ2v) is 5.40. The number of esters is 1. The largest absolute Gasteiger partial charge is 0.463 e. The Morgan fingerprint density at radius 1 is 1.24 bits per heavy atom. The number of cyclic esters (lactones) is 1. The average molecular weight is 289 g/mol. The number of likely N-dealkylation sites (N-methyl/N-ethyl adjacent to an activating group) is 1. The molecule has 1 saturated heterocycles. The predicted molar refractivity (Wildman–Crippen MR) is 77.2 cm³/mol. The first-order valence-corrected chi connectivity index (χ1v) is 6.87. The molecule has 1 aliphatic heterocycles. The van der Waals surface area contributed by atoms with E-state index in [0.29, 0.717) is 18.7 Å². The molecule has 5 heteroatoms. The van der Waals surface area contributed by atoms with Crippen LogP contribution in [-0.2, 0) is 20.7 Å².